The lowest BCUT2D eigenvalue weighted by atomic mass is 10.0. The Morgan fingerprint density at radius 3 is 2.81 bits per heavy atom. The average Bonchev–Trinajstić information content (AvgIpc) is 2.28. The van der Waals surface area contributed by atoms with E-state index in [1.54, 1.807) is 13.0 Å². The highest BCUT2D eigenvalue weighted by Gasteiger charge is 2.18. The molecule has 0 aromatic heterocycles. The quantitative estimate of drug-likeness (QED) is 0.575. The molecule has 0 bridgehead atoms. The Bertz CT molecular complexity index is 477. The van der Waals surface area contributed by atoms with E-state index in [1.807, 2.05) is 0 Å². The first-order valence-corrected chi connectivity index (χ1v) is 4.50. The molecule has 0 aliphatic rings. The van der Waals surface area contributed by atoms with Crippen molar-refractivity contribution in [2.75, 3.05) is 6.61 Å². The molecular formula is C11H8FNO3. The van der Waals surface area contributed by atoms with Crippen LogP contribution in [-0.2, 0) is 4.74 Å². The van der Waals surface area contributed by atoms with E-state index in [9.17, 15) is 14.0 Å². The number of benzene rings is 1. The minimum absolute atomic E-state index is 0.104. The van der Waals surface area contributed by atoms with Crippen LogP contribution in [0.2, 0.25) is 0 Å². The Kier molecular flexibility index (Phi) is 3.72. The number of esters is 1. The Morgan fingerprint density at radius 1 is 1.62 bits per heavy atom. The van der Waals surface area contributed by atoms with Gasteiger partial charge in [-0.1, -0.05) is 0 Å². The number of carbonyl (C=O) groups excluding carboxylic acids is 2. The Balaban J connectivity index is 3.37. The zero-order chi connectivity index (χ0) is 12.1. The molecule has 1 rings (SSSR count). The molecule has 0 N–H and O–H groups in total. The molecule has 0 atom stereocenters. The molecule has 1 aromatic rings. The molecular weight excluding hydrogens is 213 g/mol. The molecule has 4 nitrogen and oxygen atoms in total. The van der Waals surface area contributed by atoms with E-state index < -0.39 is 17.3 Å². The van der Waals surface area contributed by atoms with Gasteiger partial charge in [0, 0.05) is 0 Å². The van der Waals surface area contributed by atoms with Crippen LogP contribution in [-0.4, -0.2) is 18.9 Å². The van der Waals surface area contributed by atoms with Crippen molar-refractivity contribution in [1.29, 1.82) is 5.26 Å². The van der Waals surface area contributed by atoms with Crippen LogP contribution < -0.4 is 0 Å². The molecule has 0 heterocycles. The van der Waals surface area contributed by atoms with Gasteiger partial charge >= 0.3 is 5.97 Å². The van der Waals surface area contributed by atoms with Crippen molar-refractivity contribution >= 4 is 12.3 Å². The molecule has 0 aliphatic heterocycles. The normalized spacial score (nSPS) is 9.31. The number of halogens is 1. The van der Waals surface area contributed by atoms with Crippen LogP contribution in [0.5, 0.6) is 0 Å². The van der Waals surface area contributed by atoms with Gasteiger partial charge in [0.2, 0.25) is 0 Å². The number of nitrogens with zero attached hydrogens (tertiary/aromatic N) is 1. The molecule has 16 heavy (non-hydrogen) atoms. The number of aldehydes is 1. The van der Waals surface area contributed by atoms with Crippen LogP contribution >= 0.6 is 0 Å². The van der Waals surface area contributed by atoms with Gasteiger partial charge in [-0.25, -0.2) is 9.18 Å². The highest BCUT2D eigenvalue weighted by molar-refractivity contribution is 5.95. The predicted octanol–water partition coefficient (Wildman–Crippen LogP) is 1.69. The van der Waals surface area contributed by atoms with Gasteiger partial charge in [-0.15, -0.1) is 0 Å². The van der Waals surface area contributed by atoms with E-state index in [-0.39, 0.29) is 24.0 Å². The van der Waals surface area contributed by atoms with Gasteiger partial charge in [0.25, 0.3) is 0 Å². The minimum atomic E-state index is -0.834. The summed E-state index contributed by atoms with van der Waals surface area (Å²) in [7, 11) is 0. The molecule has 0 spiro atoms. The average molecular weight is 221 g/mol. The number of rotatable bonds is 3. The molecule has 0 radical (unpaired) electrons. The van der Waals surface area contributed by atoms with Crippen molar-refractivity contribution in [1.82, 2.24) is 0 Å². The first-order chi connectivity index (χ1) is 7.65. The third-order valence-electron chi connectivity index (χ3n) is 1.92. The van der Waals surface area contributed by atoms with E-state index >= 15 is 0 Å². The largest absolute Gasteiger partial charge is 0.462 e. The summed E-state index contributed by atoms with van der Waals surface area (Å²) in [5.74, 6) is -1.58. The number of nitriles is 1. The fourth-order valence-corrected chi connectivity index (χ4v) is 1.21. The van der Waals surface area contributed by atoms with Crippen molar-refractivity contribution < 1.29 is 18.7 Å². The zero-order valence-electron chi connectivity index (χ0n) is 8.49. The Labute approximate surface area is 91.3 Å². The second-order valence-corrected chi connectivity index (χ2v) is 2.83. The molecule has 0 amide bonds. The summed E-state index contributed by atoms with van der Waals surface area (Å²) in [6.07, 6.45) is 0.205. The number of hydrogen-bond donors (Lipinski definition) is 0. The summed E-state index contributed by atoms with van der Waals surface area (Å²) in [5, 5.41) is 8.79. The fraction of sp³-hybridized carbons (Fsp3) is 0.182. The SMILES string of the molecule is CCOC(=O)c1ccc(F)c(C=O)c1C#N. The lowest BCUT2D eigenvalue weighted by Crippen LogP contribution is -2.09. The topological polar surface area (TPSA) is 67.2 Å². The highest BCUT2D eigenvalue weighted by Crippen LogP contribution is 2.17. The third kappa shape index (κ3) is 2.06. The Morgan fingerprint density at radius 2 is 2.31 bits per heavy atom. The molecule has 82 valence electrons. The lowest BCUT2D eigenvalue weighted by Gasteiger charge is -2.05. The maximum Gasteiger partial charge on any atom is 0.339 e. The summed E-state index contributed by atoms with van der Waals surface area (Å²) in [4.78, 5) is 22.0. The van der Waals surface area contributed by atoms with Gasteiger partial charge in [0.05, 0.1) is 23.3 Å². The molecule has 0 aliphatic carbocycles. The second-order valence-electron chi connectivity index (χ2n) is 2.83. The van der Waals surface area contributed by atoms with Gasteiger partial charge in [-0.2, -0.15) is 5.26 Å². The van der Waals surface area contributed by atoms with Crippen LogP contribution in [0, 0.1) is 17.1 Å². The van der Waals surface area contributed by atoms with E-state index in [0.29, 0.717) is 0 Å². The fourth-order valence-electron chi connectivity index (χ4n) is 1.21. The summed E-state index contributed by atoms with van der Waals surface area (Å²) >= 11 is 0. The molecule has 5 heteroatoms. The molecule has 0 unspecified atom stereocenters. The van der Waals surface area contributed by atoms with Crippen molar-refractivity contribution in [2.24, 2.45) is 0 Å². The van der Waals surface area contributed by atoms with E-state index in [4.69, 9.17) is 5.26 Å². The summed E-state index contributed by atoms with van der Waals surface area (Å²) in [5.41, 5.74) is -0.825. The minimum Gasteiger partial charge on any atom is -0.462 e. The van der Waals surface area contributed by atoms with Crippen LogP contribution in [0.3, 0.4) is 0 Å². The number of ether oxygens (including phenoxy) is 1. The predicted molar refractivity (Wildman–Crippen MR) is 52.5 cm³/mol. The van der Waals surface area contributed by atoms with Gasteiger partial charge in [0.15, 0.2) is 6.29 Å². The molecule has 0 fully saturated rings. The van der Waals surface area contributed by atoms with Gasteiger partial charge in [-0.3, -0.25) is 4.79 Å². The standard InChI is InChI=1S/C11H8FNO3/c1-2-16-11(15)7-3-4-10(12)9(6-14)8(7)5-13/h3-4,6H,2H2,1H3. The molecule has 0 saturated heterocycles. The second kappa shape index (κ2) is 5.03. The monoisotopic (exact) mass is 221 g/mol. The maximum atomic E-state index is 13.1. The van der Waals surface area contributed by atoms with E-state index in [0.717, 1.165) is 12.1 Å². The number of carbonyl (C=O) groups is 2. The highest BCUT2D eigenvalue weighted by atomic mass is 19.1. The van der Waals surface area contributed by atoms with Crippen molar-refractivity contribution in [3.8, 4) is 6.07 Å². The van der Waals surface area contributed by atoms with Gasteiger partial charge in [-0.05, 0) is 19.1 Å². The van der Waals surface area contributed by atoms with Crippen molar-refractivity contribution in [3.63, 3.8) is 0 Å². The maximum absolute atomic E-state index is 13.1. The van der Waals surface area contributed by atoms with Crippen LogP contribution in [0.4, 0.5) is 4.39 Å². The van der Waals surface area contributed by atoms with Crippen molar-refractivity contribution in [2.45, 2.75) is 6.92 Å². The number of hydrogen-bond acceptors (Lipinski definition) is 4. The zero-order valence-corrected chi connectivity index (χ0v) is 8.49. The van der Waals surface area contributed by atoms with Crippen LogP contribution in [0.1, 0.15) is 33.2 Å². The van der Waals surface area contributed by atoms with Gasteiger partial charge in [0.1, 0.15) is 11.9 Å². The summed E-state index contributed by atoms with van der Waals surface area (Å²) in [6.45, 7) is 1.74. The molecule has 1 aromatic carbocycles. The van der Waals surface area contributed by atoms with E-state index in [1.165, 1.54) is 0 Å². The molecule has 0 saturated carbocycles. The van der Waals surface area contributed by atoms with Crippen LogP contribution in [0.25, 0.3) is 0 Å². The van der Waals surface area contributed by atoms with Crippen LogP contribution in [0.15, 0.2) is 12.1 Å². The Hall–Kier alpha value is -2.22. The first-order valence-electron chi connectivity index (χ1n) is 4.50. The third-order valence-corrected chi connectivity index (χ3v) is 1.92. The lowest BCUT2D eigenvalue weighted by molar-refractivity contribution is 0.0526. The van der Waals surface area contributed by atoms with Gasteiger partial charge < -0.3 is 4.74 Å². The summed E-state index contributed by atoms with van der Waals surface area (Å²) < 4.78 is 17.8. The van der Waals surface area contributed by atoms with Crippen molar-refractivity contribution in [3.05, 3.63) is 34.6 Å². The smallest absolute Gasteiger partial charge is 0.339 e. The first kappa shape index (κ1) is 11.9. The van der Waals surface area contributed by atoms with E-state index in [2.05, 4.69) is 4.74 Å². The summed E-state index contributed by atoms with van der Waals surface area (Å²) in [6, 6.07) is 3.70.